The van der Waals surface area contributed by atoms with Crippen LogP contribution in [0.3, 0.4) is 0 Å². The number of nitrogen functional groups attached to an aromatic ring is 1. The van der Waals surface area contributed by atoms with Gasteiger partial charge in [0, 0.05) is 48.4 Å². The number of hydrogen-bond acceptors (Lipinski definition) is 9. The molecule has 3 aromatic heterocycles. The van der Waals surface area contributed by atoms with Gasteiger partial charge in [-0.25, -0.2) is 0 Å². The van der Waals surface area contributed by atoms with E-state index in [0.717, 1.165) is 16.3 Å². The van der Waals surface area contributed by atoms with E-state index >= 15 is 0 Å². The molecule has 0 aliphatic carbocycles. The average Bonchev–Trinajstić information content (AvgIpc) is 3.74. The van der Waals surface area contributed by atoms with Crippen LogP contribution in [0.25, 0.3) is 27.5 Å². The van der Waals surface area contributed by atoms with Crippen LogP contribution in [0.1, 0.15) is 46.1 Å². The first-order chi connectivity index (χ1) is 22.2. The van der Waals surface area contributed by atoms with Crippen molar-refractivity contribution in [2.75, 3.05) is 11.1 Å². The van der Waals surface area contributed by atoms with Crippen molar-refractivity contribution < 1.29 is 28.0 Å². The van der Waals surface area contributed by atoms with E-state index in [0.29, 0.717) is 39.4 Å². The van der Waals surface area contributed by atoms with Crippen molar-refractivity contribution in [3.63, 3.8) is 0 Å². The van der Waals surface area contributed by atoms with E-state index in [1.165, 1.54) is 18.7 Å². The van der Waals surface area contributed by atoms with Crippen LogP contribution in [0.2, 0.25) is 0 Å². The van der Waals surface area contributed by atoms with Gasteiger partial charge in [-0.1, -0.05) is 36.4 Å². The Balaban J connectivity index is 0.000000238. The number of pyridine rings is 1. The summed E-state index contributed by atoms with van der Waals surface area (Å²) in [7, 11) is 0. The minimum atomic E-state index is -0.417. The zero-order chi connectivity index (χ0) is 32.4. The average molecular weight is 613 g/mol. The van der Waals surface area contributed by atoms with E-state index in [1.807, 2.05) is 24.3 Å². The Morgan fingerprint density at radius 3 is 2.07 bits per heavy atom. The Labute approximate surface area is 263 Å². The lowest BCUT2D eigenvalue weighted by atomic mass is 10.0. The number of carbonyl (C=O) groups is 4. The van der Waals surface area contributed by atoms with Gasteiger partial charge in [-0.05, 0) is 65.7 Å². The van der Waals surface area contributed by atoms with Crippen LogP contribution in [0.5, 0.6) is 0 Å². The van der Waals surface area contributed by atoms with Crippen molar-refractivity contribution in [2.45, 2.75) is 20.4 Å². The largest absolute Gasteiger partial charge is 0.453 e. The number of nitrogens with two attached hydrogens (primary N) is 1. The molecule has 1 aliphatic heterocycles. The number of fused-ring (bicyclic) bond motifs is 2. The van der Waals surface area contributed by atoms with Gasteiger partial charge < -0.3 is 19.9 Å². The molecule has 3 N–H and O–H groups in total. The summed E-state index contributed by atoms with van der Waals surface area (Å²) in [6.07, 6.45) is 3.27. The van der Waals surface area contributed by atoms with Gasteiger partial charge in [-0.3, -0.25) is 29.1 Å². The minimum absolute atomic E-state index is 0.0743. The summed E-state index contributed by atoms with van der Waals surface area (Å²) in [5.41, 5.74) is 10.0. The summed E-state index contributed by atoms with van der Waals surface area (Å²) in [6.45, 7) is 3.03. The lowest BCUT2D eigenvalue weighted by molar-refractivity contribution is -0.137. The number of aromatic nitrogens is 1. The summed E-state index contributed by atoms with van der Waals surface area (Å²) in [6, 6.07) is 26.6. The van der Waals surface area contributed by atoms with E-state index in [1.54, 1.807) is 79.1 Å². The highest BCUT2D eigenvalue weighted by Crippen LogP contribution is 2.32. The molecule has 0 atom stereocenters. The molecule has 0 saturated carbocycles. The molecule has 0 saturated heterocycles. The summed E-state index contributed by atoms with van der Waals surface area (Å²) >= 11 is 0. The van der Waals surface area contributed by atoms with Crippen LogP contribution in [0.4, 0.5) is 11.4 Å². The van der Waals surface area contributed by atoms with Crippen molar-refractivity contribution in [2.24, 2.45) is 0 Å². The smallest absolute Gasteiger partial charge is 0.278 e. The number of amides is 2. The summed E-state index contributed by atoms with van der Waals surface area (Å²) < 4.78 is 10.8. The zero-order valence-electron chi connectivity index (χ0n) is 24.9. The van der Waals surface area contributed by atoms with Gasteiger partial charge in [-0.15, -0.1) is 0 Å². The van der Waals surface area contributed by atoms with Crippen molar-refractivity contribution in [3.8, 4) is 0 Å². The third-order valence-corrected chi connectivity index (χ3v) is 7.31. The van der Waals surface area contributed by atoms with Crippen LogP contribution in [-0.2, 0) is 16.1 Å². The maximum absolute atomic E-state index is 13.4. The van der Waals surface area contributed by atoms with Crippen LogP contribution in [0, 0.1) is 0 Å². The molecule has 0 fully saturated rings. The van der Waals surface area contributed by atoms with Gasteiger partial charge in [0.25, 0.3) is 11.8 Å². The summed E-state index contributed by atoms with van der Waals surface area (Å²) in [5, 5.41) is 4.73. The van der Waals surface area contributed by atoms with Gasteiger partial charge in [0.05, 0.1) is 12.1 Å². The zero-order valence-corrected chi connectivity index (χ0v) is 24.9. The fraction of sp³-hybridized carbons (Fsp3) is 0.0833. The van der Waals surface area contributed by atoms with Crippen molar-refractivity contribution in [1.82, 2.24) is 9.88 Å². The second-order valence-electron chi connectivity index (χ2n) is 10.7. The number of nitrogens with one attached hydrogen (secondary N) is 1. The topological polar surface area (TPSA) is 149 Å². The van der Waals surface area contributed by atoms with Crippen molar-refractivity contribution in [3.05, 3.63) is 132 Å². The molecule has 10 heteroatoms. The molecule has 0 bridgehead atoms. The van der Waals surface area contributed by atoms with E-state index in [4.69, 9.17) is 14.6 Å². The number of hydrogen-bond donors (Lipinski definition) is 2. The monoisotopic (exact) mass is 612 g/mol. The number of Topliss-reactive ketones (excluding diaryl/α,β-unsaturated/α-hetero) is 2. The molecule has 2 amide bonds. The predicted molar refractivity (Wildman–Crippen MR) is 174 cm³/mol. The Morgan fingerprint density at radius 2 is 1.43 bits per heavy atom. The van der Waals surface area contributed by atoms with Crippen molar-refractivity contribution in [1.29, 1.82) is 0 Å². The third-order valence-electron chi connectivity index (χ3n) is 7.31. The molecule has 3 aromatic carbocycles. The lowest BCUT2D eigenvalue weighted by Crippen LogP contribution is -2.32. The van der Waals surface area contributed by atoms with Crippen LogP contribution < -0.4 is 11.1 Å². The molecule has 0 radical (unpaired) electrons. The summed E-state index contributed by atoms with van der Waals surface area (Å²) in [5.74, 6) is -0.394. The number of carbonyl (C=O) groups excluding carboxylic acids is 4. The molecule has 0 spiro atoms. The van der Waals surface area contributed by atoms with E-state index in [-0.39, 0.29) is 35.5 Å². The first-order valence-electron chi connectivity index (χ1n) is 14.3. The molecule has 4 heterocycles. The fourth-order valence-electron chi connectivity index (χ4n) is 5.06. The highest BCUT2D eigenvalue weighted by molar-refractivity contribution is 6.36. The number of benzene rings is 3. The number of imide groups is 1. The molecule has 1 aliphatic rings. The third kappa shape index (κ3) is 6.04. The van der Waals surface area contributed by atoms with Crippen LogP contribution >= 0.6 is 0 Å². The minimum Gasteiger partial charge on any atom is -0.453 e. The Hall–Kier alpha value is -6.29. The lowest BCUT2D eigenvalue weighted by Gasteiger charge is -2.15. The Kier molecular flexibility index (Phi) is 8.00. The summed E-state index contributed by atoms with van der Waals surface area (Å²) in [4.78, 5) is 54.6. The molecule has 7 rings (SSSR count). The number of ketones is 2. The predicted octanol–water partition coefficient (Wildman–Crippen LogP) is 6.64. The quantitative estimate of drug-likeness (QED) is 0.115. The van der Waals surface area contributed by atoms with Gasteiger partial charge >= 0.3 is 0 Å². The second kappa shape index (κ2) is 12.4. The molecule has 228 valence electrons. The highest BCUT2D eigenvalue weighted by Gasteiger charge is 2.39. The number of rotatable bonds is 7. The second-order valence-corrected chi connectivity index (χ2v) is 10.7. The van der Waals surface area contributed by atoms with Crippen LogP contribution in [-0.4, -0.2) is 33.3 Å². The SMILES string of the molecule is CC(=O)c1cc2cc(N)ccc2o1.CC(=O)c1cc2cc(NC3=C(c4ccccc4)C(=O)N(Cc4cccnc4)C3=O)ccc2o1. The maximum atomic E-state index is 13.4. The van der Waals surface area contributed by atoms with E-state index < -0.39 is 5.91 Å². The maximum Gasteiger partial charge on any atom is 0.278 e. The van der Waals surface area contributed by atoms with E-state index in [2.05, 4.69) is 10.3 Å². The van der Waals surface area contributed by atoms with Gasteiger partial charge in [0.1, 0.15) is 16.9 Å². The fourth-order valence-corrected chi connectivity index (χ4v) is 5.06. The van der Waals surface area contributed by atoms with Crippen molar-refractivity contribution >= 4 is 62.3 Å². The van der Waals surface area contributed by atoms with Crippen LogP contribution in [0.15, 0.2) is 118 Å². The first-order valence-corrected chi connectivity index (χ1v) is 14.3. The first kappa shape index (κ1) is 29.8. The Bertz CT molecular complexity index is 2160. The normalized spacial score (nSPS) is 12.9. The van der Waals surface area contributed by atoms with Gasteiger partial charge in [-0.2, -0.15) is 0 Å². The van der Waals surface area contributed by atoms with Gasteiger partial charge in [0.15, 0.2) is 23.1 Å². The molecule has 46 heavy (non-hydrogen) atoms. The molecule has 10 nitrogen and oxygen atoms in total. The molecule has 6 aromatic rings. The number of anilines is 2. The standard InChI is InChI=1S/C26H19N3O4.C10H9NO2/c1-16(30)22-13-19-12-20(9-10-21(19)33-22)28-24-23(18-7-3-2-4-8-18)25(31)29(26(24)32)15-17-6-5-11-27-14-17;1-6(12)10-5-7-4-8(11)2-3-9(7)13-10/h2-14,28H,15H2,1H3;2-5H,11H2,1H3. The van der Waals surface area contributed by atoms with E-state index in [9.17, 15) is 19.2 Å². The Morgan fingerprint density at radius 1 is 0.783 bits per heavy atom. The number of furan rings is 2. The molecular weight excluding hydrogens is 584 g/mol. The molecular formula is C36H28N4O6. The van der Waals surface area contributed by atoms with Gasteiger partial charge in [0.2, 0.25) is 0 Å². The highest BCUT2D eigenvalue weighted by atomic mass is 16.3. The number of nitrogens with zero attached hydrogens (tertiary/aromatic N) is 2. The molecule has 0 unspecified atom stereocenters.